The van der Waals surface area contributed by atoms with E-state index in [-0.39, 0.29) is 5.41 Å². The molecular weight excluding hydrogens is 422 g/mol. The Morgan fingerprint density at radius 2 is 1.31 bits per heavy atom. The third kappa shape index (κ3) is 3.28. The minimum Gasteiger partial charge on any atom is -0.310 e. The highest BCUT2D eigenvalue weighted by Gasteiger charge is 2.40. The van der Waals surface area contributed by atoms with Gasteiger partial charge in [0.1, 0.15) is 0 Å². The lowest BCUT2D eigenvalue weighted by molar-refractivity contribution is 0.420. The molecule has 2 bridgehead atoms. The summed E-state index contributed by atoms with van der Waals surface area (Å²) in [6, 6.07) is 36.3. The highest BCUT2D eigenvalue weighted by atomic mass is 15.1. The number of anilines is 3. The standard InChI is InChI=1S/C34H33N/c1-34(2)32-11-7-6-10-29(32)31-22-28(18-19-33(31)34)35(26-8-4-3-5-9-26)27-16-14-24(15-17-27)30-21-23-12-13-25(30)20-23/h3-11,14-19,22-23,25,30H,12-13,20-21H2,1-2H3. The van der Waals surface area contributed by atoms with Crippen LogP contribution in [-0.2, 0) is 5.41 Å². The number of rotatable bonds is 4. The second-order valence-electron chi connectivity index (χ2n) is 11.4. The fourth-order valence-electron chi connectivity index (χ4n) is 7.40. The maximum Gasteiger partial charge on any atom is 0.0468 e. The van der Waals surface area contributed by atoms with E-state index in [1.165, 1.54) is 65.0 Å². The second kappa shape index (κ2) is 7.85. The van der Waals surface area contributed by atoms with Gasteiger partial charge in [-0.25, -0.2) is 0 Å². The molecule has 2 saturated carbocycles. The molecule has 0 amide bonds. The Bertz CT molecular complexity index is 1380. The molecule has 3 aliphatic rings. The van der Waals surface area contributed by atoms with Crippen molar-refractivity contribution in [2.75, 3.05) is 4.90 Å². The molecule has 0 spiro atoms. The second-order valence-corrected chi connectivity index (χ2v) is 11.4. The quantitative estimate of drug-likeness (QED) is 0.296. The van der Waals surface area contributed by atoms with Crippen LogP contribution < -0.4 is 4.90 Å². The fourth-order valence-corrected chi connectivity index (χ4v) is 7.40. The van der Waals surface area contributed by atoms with E-state index in [1.807, 2.05) is 0 Å². The molecule has 35 heavy (non-hydrogen) atoms. The van der Waals surface area contributed by atoms with Gasteiger partial charge in [-0.3, -0.25) is 0 Å². The van der Waals surface area contributed by atoms with Crippen molar-refractivity contribution in [3.05, 3.63) is 114 Å². The Hall–Kier alpha value is -3.32. The molecule has 4 aromatic rings. The number of nitrogens with zero attached hydrogens (tertiary/aromatic N) is 1. The number of hydrogen-bond acceptors (Lipinski definition) is 1. The van der Waals surface area contributed by atoms with Gasteiger partial charge in [0.15, 0.2) is 0 Å². The van der Waals surface area contributed by atoms with Gasteiger partial charge in [0, 0.05) is 22.5 Å². The van der Waals surface area contributed by atoms with E-state index in [9.17, 15) is 0 Å². The minimum absolute atomic E-state index is 0.0321. The summed E-state index contributed by atoms with van der Waals surface area (Å²) in [5.41, 5.74) is 10.8. The number of benzene rings is 4. The van der Waals surface area contributed by atoms with Gasteiger partial charge in [-0.15, -0.1) is 0 Å². The lowest BCUT2D eigenvalue weighted by Crippen LogP contribution is -2.15. The monoisotopic (exact) mass is 455 g/mol. The fraction of sp³-hybridized carbons (Fsp3) is 0.294. The summed E-state index contributed by atoms with van der Waals surface area (Å²) < 4.78 is 0. The number of para-hydroxylation sites is 1. The average Bonchev–Trinajstić information content (AvgIpc) is 3.59. The van der Waals surface area contributed by atoms with Crippen LogP contribution in [0.15, 0.2) is 97.1 Å². The van der Waals surface area contributed by atoms with E-state index in [2.05, 4.69) is 116 Å². The van der Waals surface area contributed by atoms with Crippen LogP contribution in [0.2, 0.25) is 0 Å². The van der Waals surface area contributed by atoms with Crippen molar-refractivity contribution >= 4 is 17.1 Å². The van der Waals surface area contributed by atoms with Gasteiger partial charge < -0.3 is 4.90 Å². The zero-order chi connectivity index (χ0) is 23.6. The summed E-state index contributed by atoms with van der Waals surface area (Å²) >= 11 is 0. The molecule has 0 saturated heterocycles. The van der Waals surface area contributed by atoms with Crippen molar-refractivity contribution in [3.63, 3.8) is 0 Å². The highest BCUT2D eigenvalue weighted by molar-refractivity contribution is 5.86. The Morgan fingerprint density at radius 3 is 2.06 bits per heavy atom. The van der Waals surface area contributed by atoms with Crippen LogP contribution in [0, 0.1) is 11.8 Å². The Morgan fingerprint density at radius 1 is 0.629 bits per heavy atom. The first kappa shape index (κ1) is 21.0. The molecule has 2 fully saturated rings. The molecule has 0 N–H and O–H groups in total. The molecule has 0 heterocycles. The summed E-state index contributed by atoms with van der Waals surface area (Å²) in [6.07, 6.45) is 5.74. The van der Waals surface area contributed by atoms with Crippen molar-refractivity contribution in [2.45, 2.75) is 50.9 Å². The Labute approximate surface area is 209 Å². The zero-order valence-electron chi connectivity index (χ0n) is 20.7. The van der Waals surface area contributed by atoms with Gasteiger partial charge >= 0.3 is 0 Å². The van der Waals surface area contributed by atoms with Crippen LogP contribution >= 0.6 is 0 Å². The van der Waals surface area contributed by atoms with E-state index in [1.54, 1.807) is 5.56 Å². The molecule has 3 unspecified atom stereocenters. The van der Waals surface area contributed by atoms with Crippen molar-refractivity contribution < 1.29 is 0 Å². The largest absolute Gasteiger partial charge is 0.310 e. The normalized spacial score (nSPS) is 23.2. The van der Waals surface area contributed by atoms with Gasteiger partial charge in [-0.2, -0.15) is 0 Å². The maximum absolute atomic E-state index is 2.42. The number of hydrogen-bond donors (Lipinski definition) is 0. The van der Waals surface area contributed by atoms with Crippen LogP contribution in [0.3, 0.4) is 0 Å². The van der Waals surface area contributed by atoms with Crippen LogP contribution in [0.1, 0.15) is 62.1 Å². The third-order valence-electron chi connectivity index (χ3n) is 9.16. The third-order valence-corrected chi connectivity index (χ3v) is 9.16. The minimum atomic E-state index is 0.0321. The molecule has 1 nitrogen and oxygen atoms in total. The average molecular weight is 456 g/mol. The SMILES string of the molecule is CC1(C)c2ccccc2-c2cc(N(c3ccccc3)c3ccc(C4CC5CCC4C5)cc3)ccc21. The van der Waals surface area contributed by atoms with E-state index in [0.29, 0.717) is 0 Å². The summed E-state index contributed by atoms with van der Waals surface area (Å²) in [4.78, 5) is 2.42. The summed E-state index contributed by atoms with van der Waals surface area (Å²) in [7, 11) is 0. The van der Waals surface area contributed by atoms with Gasteiger partial charge in [0.2, 0.25) is 0 Å². The van der Waals surface area contributed by atoms with E-state index < -0.39 is 0 Å². The molecule has 3 aliphatic carbocycles. The molecule has 174 valence electrons. The summed E-state index contributed by atoms with van der Waals surface area (Å²) in [5.74, 6) is 2.66. The molecule has 3 atom stereocenters. The summed E-state index contributed by atoms with van der Waals surface area (Å²) in [5, 5.41) is 0. The first-order valence-electron chi connectivity index (χ1n) is 13.3. The number of fused-ring (bicyclic) bond motifs is 5. The van der Waals surface area contributed by atoms with Gasteiger partial charge in [-0.1, -0.05) is 80.9 Å². The predicted molar refractivity (Wildman–Crippen MR) is 147 cm³/mol. The molecular formula is C34H33N. The smallest absolute Gasteiger partial charge is 0.0468 e. The Kier molecular flexibility index (Phi) is 4.71. The van der Waals surface area contributed by atoms with Crippen molar-refractivity contribution in [1.82, 2.24) is 0 Å². The van der Waals surface area contributed by atoms with Crippen LogP contribution in [0.5, 0.6) is 0 Å². The van der Waals surface area contributed by atoms with Gasteiger partial charge in [0.05, 0.1) is 0 Å². The molecule has 7 rings (SSSR count). The van der Waals surface area contributed by atoms with Crippen molar-refractivity contribution in [2.24, 2.45) is 11.8 Å². The van der Waals surface area contributed by atoms with Crippen molar-refractivity contribution in [3.8, 4) is 11.1 Å². The van der Waals surface area contributed by atoms with E-state index in [4.69, 9.17) is 0 Å². The predicted octanol–water partition coefficient (Wildman–Crippen LogP) is 9.37. The van der Waals surface area contributed by atoms with Crippen molar-refractivity contribution in [1.29, 1.82) is 0 Å². The van der Waals surface area contributed by atoms with Crippen LogP contribution in [0.4, 0.5) is 17.1 Å². The molecule has 0 aromatic heterocycles. The first-order chi connectivity index (χ1) is 17.1. The maximum atomic E-state index is 2.42. The lowest BCUT2D eigenvalue weighted by Gasteiger charge is -2.28. The highest BCUT2D eigenvalue weighted by Crippen LogP contribution is 2.53. The zero-order valence-corrected chi connectivity index (χ0v) is 20.7. The van der Waals surface area contributed by atoms with E-state index >= 15 is 0 Å². The first-order valence-corrected chi connectivity index (χ1v) is 13.3. The van der Waals surface area contributed by atoms with Crippen LogP contribution in [0.25, 0.3) is 11.1 Å². The molecule has 4 aromatic carbocycles. The molecule has 1 heteroatoms. The Balaban J connectivity index is 1.31. The van der Waals surface area contributed by atoms with E-state index in [0.717, 1.165) is 17.8 Å². The molecule has 0 aliphatic heterocycles. The van der Waals surface area contributed by atoms with Crippen LogP contribution in [-0.4, -0.2) is 0 Å². The molecule has 0 radical (unpaired) electrons. The summed E-state index contributed by atoms with van der Waals surface area (Å²) in [6.45, 7) is 4.70. The van der Waals surface area contributed by atoms with Gasteiger partial charge in [-0.05, 0) is 101 Å². The topological polar surface area (TPSA) is 3.24 Å². The van der Waals surface area contributed by atoms with Gasteiger partial charge in [0.25, 0.3) is 0 Å². The lowest BCUT2D eigenvalue weighted by atomic mass is 9.82.